The highest BCUT2D eigenvalue weighted by Gasteiger charge is 2.49. The van der Waals surface area contributed by atoms with Gasteiger partial charge < -0.3 is 26.8 Å². The Bertz CT molecular complexity index is 979. The monoisotopic (exact) mass is 474 g/mol. The number of nitrogens with one attached hydrogen (secondary N) is 4. The number of hydrogen-bond donors (Lipinski definition) is 6. The minimum absolute atomic E-state index is 0.145. The zero-order valence-electron chi connectivity index (χ0n) is 19.1. The third-order valence-electron chi connectivity index (χ3n) is 5.49. The number of nitrogen functional groups attached to an aromatic ring is 1. The lowest BCUT2D eigenvalue weighted by Gasteiger charge is -2.22. The standard InChI is InChI=1S/C22H30N6O6/c1-3-4-5-6-16(29)26-15(19(31)32)11-25-17(30)12-28-20(33)22(2,27-21(28)34)14-9-7-13(8-10-14)18(23)24/h7-10,15H,3-6,11-12H2,1-2H3,(H3,23,24)(H,25,30)(H,26,29)(H,27,34)(H,31,32). The number of unbranched alkanes of at least 4 members (excludes halogenated alkanes) is 2. The fourth-order valence-corrected chi connectivity index (χ4v) is 3.44. The molecule has 2 atom stereocenters. The van der Waals surface area contributed by atoms with Gasteiger partial charge in [0, 0.05) is 18.5 Å². The van der Waals surface area contributed by atoms with Crippen molar-refractivity contribution in [2.24, 2.45) is 5.73 Å². The molecule has 5 amide bonds. The molecule has 1 heterocycles. The number of imide groups is 1. The number of nitrogens with zero attached hydrogens (tertiary/aromatic N) is 1. The van der Waals surface area contributed by atoms with Crippen LogP contribution in [-0.2, 0) is 24.7 Å². The molecule has 34 heavy (non-hydrogen) atoms. The first-order valence-corrected chi connectivity index (χ1v) is 10.9. The Hall–Kier alpha value is -3.96. The fraction of sp³-hybridized carbons (Fsp3) is 0.455. The van der Waals surface area contributed by atoms with Crippen LogP contribution in [0.25, 0.3) is 0 Å². The summed E-state index contributed by atoms with van der Waals surface area (Å²) in [7, 11) is 0. The Kier molecular flexibility index (Phi) is 8.70. The van der Waals surface area contributed by atoms with E-state index < -0.39 is 54.4 Å². The molecule has 7 N–H and O–H groups in total. The number of nitrogens with two attached hydrogens (primary N) is 1. The molecular formula is C22H30N6O6. The Morgan fingerprint density at radius 3 is 2.38 bits per heavy atom. The van der Waals surface area contributed by atoms with Gasteiger partial charge in [0.1, 0.15) is 24.0 Å². The van der Waals surface area contributed by atoms with Gasteiger partial charge in [-0.2, -0.15) is 0 Å². The zero-order chi connectivity index (χ0) is 25.5. The summed E-state index contributed by atoms with van der Waals surface area (Å²) in [6, 6.07) is 4.07. The van der Waals surface area contributed by atoms with Crippen LogP contribution in [0.15, 0.2) is 24.3 Å². The molecule has 0 spiro atoms. The topological polar surface area (TPSA) is 195 Å². The molecule has 12 heteroatoms. The Balaban J connectivity index is 1.97. The summed E-state index contributed by atoms with van der Waals surface area (Å²) in [5, 5.41) is 24.0. The van der Waals surface area contributed by atoms with Crippen LogP contribution in [0.1, 0.15) is 50.7 Å². The number of benzene rings is 1. The molecule has 12 nitrogen and oxygen atoms in total. The van der Waals surface area contributed by atoms with Gasteiger partial charge in [0.05, 0.1) is 0 Å². The van der Waals surface area contributed by atoms with Crippen molar-refractivity contribution >= 4 is 35.6 Å². The molecule has 0 saturated carbocycles. The number of carboxylic acid groups (broad SMARTS) is 1. The number of rotatable bonds is 12. The van der Waals surface area contributed by atoms with Crippen molar-refractivity contribution in [3.8, 4) is 0 Å². The van der Waals surface area contributed by atoms with Gasteiger partial charge in [-0.3, -0.25) is 24.7 Å². The van der Waals surface area contributed by atoms with Crippen molar-refractivity contribution < 1.29 is 29.1 Å². The van der Waals surface area contributed by atoms with Gasteiger partial charge in [0.2, 0.25) is 11.8 Å². The van der Waals surface area contributed by atoms with Gasteiger partial charge in [-0.05, 0) is 18.9 Å². The first-order chi connectivity index (χ1) is 16.0. The van der Waals surface area contributed by atoms with E-state index in [0.717, 1.165) is 17.7 Å². The predicted octanol–water partition coefficient (Wildman–Crippen LogP) is 0.00357. The first kappa shape index (κ1) is 26.3. The van der Waals surface area contributed by atoms with E-state index in [4.69, 9.17) is 11.1 Å². The SMILES string of the molecule is CCCCCC(=O)NC(CNC(=O)CN1C(=O)NC(C)(c2ccc(C(=N)N)cc2)C1=O)C(=O)O. The quantitative estimate of drug-likeness (QED) is 0.106. The lowest BCUT2D eigenvalue weighted by molar-refractivity contribution is -0.142. The number of carbonyl (C=O) groups is 5. The van der Waals surface area contributed by atoms with E-state index in [1.807, 2.05) is 6.92 Å². The lowest BCUT2D eigenvalue weighted by Crippen LogP contribution is -2.50. The van der Waals surface area contributed by atoms with E-state index in [-0.39, 0.29) is 12.3 Å². The van der Waals surface area contributed by atoms with Gasteiger partial charge >= 0.3 is 12.0 Å². The van der Waals surface area contributed by atoms with Gasteiger partial charge in [0.15, 0.2) is 0 Å². The van der Waals surface area contributed by atoms with E-state index in [0.29, 0.717) is 17.5 Å². The number of amidine groups is 1. The van der Waals surface area contributed by atoms with E-state index >= 15 is 0 Å². The first-order valence-electron chi connectivity index (χ1n) is 10.9. The smallest absolute Gasteiger partial charge is 0.328 e. The van der Waals surface area contributed by atoms with Crippen LogP contribution < -0.4 is 21.7 Å². The Morgan fingerprint density at radius 2 is 1.82 bits per heavy atom. The molecule has 2 unspecified atom stereocenters. The molecule has 1 aromatic carbocycles. The number of aliphatic carboxylic acids is 1. The molecule has 0 aromatic heterocycles. The van der Waals surface area contributed by atoms with Crippen LogP contribution in [0.5, 0.6) is 0 Å². The van der Waals surface area contributed by atoms with Crippen molar-refractivity contribution in [3.05, 3.63) is 35.4 Å². The van der Waals surface area contributed by atoms with E-state index in [2.05, 4.69) is 16.0 Å². The van der Waals surface area contributed by atoms with Gasteiger partial charge in [-0.1, -0.05) is 44.0 Å². The molecule has 184 valence electrons. The number of carbonyl (C=O) groups excluding carboxylic acids is 4. The summed E-state index contributed by atoms with van der Waals surface area (Å²) < 4.78 is 0. The van der Waals surface area contributed by atoms with E-state index in [1.54, 1.807) is 24.3 Å². The second-order valence-electron chi connectivity index (χ2n) is 8.16. The molecule has 1 aliphatic rings. The van der Waals surface area contributed by atoms with E-state index in [1.165, 1.54) is 6.92 Å². The summed E-state index contributed by atoms with van der Waals surface area (Å²) in [4.78, 5) is 61.8. The van der Waals surface area contributed by atoms with Gasteiger partial charge in [-0.15, -0.1) is 0 Å². The van der Waals surface area contributed by atoms with Crippen molar-refractivity contribution in [1.29, 1.82) is 5.41 Å². The molecular weight excluding hydrogens is 444 g/mol. The van der Waals surface area contributed by atoms with Crippen molar-refractivity contribution in [2.45, 2.75) is 51.1 Å². The van der Waals surface area contributed by atoms with Crippen molar-refractivity contribution in [1.82, 2.24) is 20.9 Å². The number of hydrogen-bond acceptors (Lipinski definition) is 6. The molecule has 2 rings (SSSR count). The van der Waals surface area contributed by atoms with Crippen LogP contribution in [0.4, 0.5) is 4.79 Å². The number of carboxylic acids is 1. The van der Waals surface area contributed by atoms with Crippen molar-refractivity contribution in [3.63, 3.8) is 0 Å². The normalized spacial score (nSPS) is 18.2. The fourth-order valence-electron chi connectivity index (χ4n) is 3.44. The highest BCUT2D eigenvalue weighted by Crippen LogP contribution is 2.28. The Morgan fingerprint density at radius 1 is 1.18 bits per heavy atom. The molecule has 1 saturated heterocycles. The molecule has 0 aliphatic carbocycles. The maximum atomic E-state index is 13.0. The van der Waals surface area contributed by atoms with Crippen LogP contribution in [-0.4, -0.2) is 64.7 Å². The van der Waals surface area contributed by atoms with E-state index in [9.17, 15) is 29.1 Å². The molecule has 1 aliphatic heterocycles. The van der Waals surface area contributed by atoms with Crippen LogP contribution in [0, 0.1) is 5.41 Å². The number of amides is 5. The van der Waals surface area contributed by atoms with Gasteiger partial charge in [0.25, 0.3) is 5.91 Å². The second kappa shape index (κ2) is 11.3. The summed E-state index contributed by atoms with van der Waals surface area (Å²) in [6.07, 6.45) is 2.56. The predicted molar refractivity (Wildman–Crippen MR) is 122 cm³/mol. The molecule has 1 aromatic rings. The molecule has 0 radical (unpaired) electrons. The summed E-state index contributed by atoms with van der Waals surface area (Å²) in [6.45, 7) is 2.44. The summed E-state index contributed by atoms with van der Waals surface area (Å²) in [5.74, 6) is -3.32. The summed E-state index contributed by atoms with van der Waals surface area (Å²) in [5.41, 5.74) is 4.89. The maximum absolute atomic E-state index is 13.0. The average molecular weight is 475 g/mol. The third-order valence-corrected chi connectivity index (χ3v) is 5.49. The van der Waals surface area contributed by atoms with Crippen molar-refractivity contribution in [2.75, 3.05) is 13.1 Å². The average Bonchev–Trinajstić information content (AvgIpc) is 3.00. The second-order valence-corrected chi connectivity index (χ2v) is 8.16. The van der Waals surface area contributed by atoms with Gasteiger partial charge in [-0.25, -0.2) is 9.59 Å². The van der Waals surface area contributed by atoms with Crippen LogP contribution in [0.3, 0.4) is 0 Å². The minimum Gasteiger partial charge on any atom is -0.480 e. The maximum Gasteiger partial charge on any atom is 0.328 e. The lowest BCUT2D eigenvalue weighted by atomic mass is 9.91. The third kappa shape index (κ3) is 6.30. The zero-order valence-corrected chi connectivity index (χ0v) is 19.1. The highest BCUT2D eigenvalue weighted by atomic mass is 16.4. The van der Waals surface area contributed by atoms with Crippen LogP contribution >= 0.6 is 0 Å². The summed E-state index contributed by atoms with van der Waals surface area (Å²) >= 11 is 0. The largest absolute Gasteiger partial charge is 0.480 e. The Labute approximate surface area is 196 Å². The minimum atomic E-state index is -1.43. The molecule has 1 fully saturated rings. The highest BCUT2D eigenvalue weighted by molar-refractivity contribution is 6.09. The number of urea groups is 1. The van der Waals surface area contributed by atoms with Crippen LogP contribution in [0.2, 0.25) is 0 Å². The molecule has 0 bridgehead atoms.